The summed E-state index contributed by atoms with van der Waals surface area (Å²) in [6.07, 6.45) is -0.955. The molecule has 1 aromatic carbocycles. The fraction of sp³-hybridized carbons (Fsp3) is 0.533. The van der Waals surface area contributed by atoms with Crippen molar-refractivity contribution in [1.29, 1.82) is 0 Å². The Kier molecular flexibility index (Phi) is 2.64. The van der Waals surface area contributed by atoms with Crippen LogP contribution in [0.25, 0.3) is 11.0 Å². The van der Waals surface area contributed by atoms with Gasteiger partial charge in [0.25, 0.3) is 0 Å². The molecule has 4 rings (SSSR count). The number of hydrogen-bond donors (Lipinski definition) is 1. The molecule has 2 aliphatic rings. The molecular weight excluding hydrogens is 279 g/mol. The molecule has 1 N–H and O–H groups in total. The van der Waals surface area contributed by atoms with Crippen molar-refractivity contribution in [2.45, 2.75) is 43.4 Å². The molecule has 0 aliphatic carbocycles. The van der Waals surface area contributed by atoms with E-state index in [1.807, 2.05) is 11.6 Å². The zero-order valence-corrected chi connectivity index (χ0v) is 11.6. The normalized spacial score (nSPS) is 28.7. The van der Waals surface area contributed by atoms with Crippen molar-refractivity contribution in [3.8, 4) is 0 Å². The Morgan fingerprint density at radius 1 is 1.29 bits per heavy atom. The Morgan fingerprint density at radius 3 is 2.71 bits per heavy atom. The maximum atomic E-state index is 12.8. The summed E-state index contributed by atoms with van der Waals surface area (Å²) >= 11 is 0. The third-order valence-corrected chi connectivity index (χ3v) is 4.87. The highest BCUT2D eigenvalue weighted by Gasteiger charge is 2.42. The van der Waals surface area contributed by atoms with Gasteiger partial charge in [0.05, 0.1) is 16.6 Å². The molecule has 0 spiro atoms. The van der Waals surface area contributed by atoms with Gasteiger partial charge in [0, 0.05) is 25.0 Å². The maximum absolute atomic E-state index is 12.8. The van der Waals surface area contributed by atoms with Gasteiger partial charge in [-0.25, -0.2) is 4.98 Å². The average molecular weight is 295 g/mol. The molecule has 3 nitrogen and oxygen atoms in total. The largest absolute Gasteiger partial charge is 0.416 e. The molecule has 1 aromatic heterocycles. The smallest absolute Gasteiger partial charge is 0.331 e. The summed E-state index contributed by atoms with van der Waals surface area (Å²) in [6, 6.07) is 4.78. The van der Waals surface area contributed by atoms with Crippen molar-refractivity contribution in [3.63, 3.8) is 0 Å². The van der Waals surface area contributed by atoms with Crippen molar-refractivity contribution in [2.24, 2.45) is 7.05 Å². The van der Waals surface area contributed by atoms with Gasteiger partial charge < -0.3 is 9.88 Å². The molecule has 2 saturated heterocycles. The Balaban J connectivity index is 1.79. The number of nitrogens with zero attached hydrogens (tertiary/aromatic N) is 2. The minimum atomic E-state index is -4.32. The van der Waals surface area contributed by atoms with E-state index in [1.165, 1.54) is 12.5 Å². The van der Waals surface area contributed by atoms with Gasteiger partial charge in [0.2, 0.25) is 0 Å². The highest BCUT2D eigenvalue weighted by molar-refractivity contribution is 5.77. The number of aromatic nitrogens is 2. The third-order valence-electron chi connectivity index (χ3n) is 4.87. The van der Waals surface area contributed by atoms with Gasteiger partial charge in [-0.05, 0) is 37.5 Å². The number of imidazole rings is 1. The molecule has 2 fully saturated rings. The van der Waals surface area contributed by atoms with E-state index in [4.69, 9.17) is 0 Å². The lowest BCUT2D eigenvalue weighted by Gasteiger charge is -2.19. The molecule has 21 heavy (non-hydrogen) atoms. The van der Waals surface area contributed by atoms with Gasteiger partial charge in [-0.1, -0.05) is 0 Å². The van der Waals surface area contributed by atoms with Gasteiger partial charge in [0.1, 0.15) is 5.82 Å². The topological polar surface area (TPSA) is 29.9 Å². The molecule has 2 aromatic rings. The number of halogens is 3. The second-order valence-corrected chi connectivity index (χ2v) is 6.12. The van der Waals surface area contributed by atoms with E-state index in [2.05, 4.69) is 10.3 Å². The predicted molar refractivity (Wildman–Crippen MR) is 73.0 cm³/mol. The highest BCUT2D eigenvalue weighted by atomic mass is 19.4. The standard InChI is InChI=1S/C15H16F3N3/c1-21-13-5-2-8(15(16,17)18)6-12(13)20-14(21)10-7-9-3-4-11(10)19-9/h2,5-6,9-11,19H,3-4,7H2,1H3. The van der Waals surface area contributed by atoms with Crippen LogP contribution in [-0.2, 0) is 13.2 Å². The van der Waals surface area contributed by atoms with Crippen LogP contribution in [-0.4, -0.2) is 21.6 Å². The summed E-state index contributed by atoms with van der Waals surface area (Å²) in [5.41, 5.74) is 0.566. The van der Waals surface area contributed by atoms with Crippen LogP contribution in [0, 0.1) is 0 Å². The fourth-order valence-corrected chi connectivity index (χ4v) is 3.84. The number of alkyl halides is 3. The first-order chi connectivity index (χ1) is 9.93. The van der Waals surface area contributed by atoms with E-state index in [9.17, 15) is 13.2 Å². The Bertz CT molecular complexity index is 704. The van der Waals surface area contributed by atoms with Crippen molar-refractivity contribution < 1.29 is 13.2 Å². The first-order valence-electron chi connectivity index (χ1n) is 7.23. The summed E-state index contributed by atoms with van der Waals surface area (Å²) < 4.78 is 40.4. The van der Waals surface area contributed by atoms with E-state index in [0.29, 0.717) is 23.5 Å². The zero-order chi connectivity index (χ0) is 14.8. The molecule has 0 amide bonds. The fourth-order valence-electron chi connectivity index (χ4n) is 3.84. The number of nitrogens with one attached hydrogen (secondary N) is 1. The summed E-state index contributed by atoms with van der Waals surface area (Å²) in [7, 11) is 1.89. The number of hydrogen-bond acceptors (Lipinski definition) is 2. The number of fused-ring (bicyclic) bond motifs is 3. The first kappa shape index (κ1) is 13.1. The maximum Gasteiger partial charge on any atom is 0.416 e. The lowest BCUT2D eigenvalue weighted by molar-refractivity contribution is -0.137. The van der Waals surface area contributed by atoms with E-state index in [0.717, 1.165) is 36.3 Å². The van der Waals surface area contributed by atoms with Crippen molar-refractivity contribution in [1.82, 2.24) is 14.9 Å². The lowest BCUT2D eigenvalue weighted by atomic mass is 9.88. The number of benzene rings is 1. The molecule has 2 aliphatic heterocycles. The zero-order valence-electron chi connectivity index (χ0n) is 11.6. The SMILES string of the molecule is Cn1c(C2CC3CCC2N3)nc2cc(C(F)(F)F)ccc21. The molecule has 0 saturated carbocycles. The minimum absolute atomic E-state index is 0.315. The van der Waals surface area contributed by atoms with Gasteiger partial charge in [-0.15, -0.1) is 0 Å². The van der Waals surface area contributed by atoms with Crippen molar-refractivity contribution >= 4 is 11.0 Å². The molecule has 0 radical (unpaired) electrons. The van der Waals surface area contributed by atoms with Crippen LogP contribution in [0.1, 0.15) is 36.6 Å². The summed E-state index contributed by atoms with van der Waals surface area (Å²) in [4.78, 5) is 4.51. The van der Waals surface area contributed by atoms with Gasteiger partial charge in [-0.2, -0.15) is 13.2 Å². The van der Waals surface area contributed by atoms with Crippen LogP contribution in [0.15, 0.2) is 18.2 Å². The van der Waals surface area contributed by atoms with Crippen molar-refractivity contribution in [3.05, 3.63) is 29.6 Å². The Hall–Kier alpha value is -1.56. The van der Waals surface area contributed by atoms with Gasteiger partial charge in [0.15, 0.2) is 0 Å². The number of aryl methyl sites for hydroxylation is 1. The molecule has 3 unspecified atom stereocenters. The average Bonchev–Trinajstić information content (AvgIpc) is 3.11. The lowest BCUT2D eigenvalue weighted by Crippen LogP contribution is -2.23. The van der Waals surface area contributed by atoms with Gasteiger partial charge in [-0.3, -0.25) is 0 Å². The second kappa shape index (κ2) is 4.22. The second-order valence-electron chi connectivity index (χ2n) is 6.12. The van der Waals surface area contributed by atoms with Crippen LogP contribution in [0.2, 0.25) is 0 Å². The van der Waals surface area contributed by atoms with Crippen molar-refractivity contribution in [2.75, 3.05) is 0 Å². The summed E-state index contributed by atoms with van der Waals surface area (Å²) in [5.74, 6) is 1.22. The van der Waals surface area contributed by atoms with Crippen LogP contribution >= 0.6 is 0 Å². The van der Waals surface area contributed by atoms with E-state index < -0.39 is 11.7 Å². The van der Waals surface area contributed by atoms with Crippen LogP contribution < -0.4 is 5.32 Å². The molecule has 2 bridgehead atoms. The molecular formula is C15H16F3N3. The predicted octanol–water partition coefficient (Wildman–Crippen LogP) is 3.20. The minimum Gasteiger partial charge on any atom is -0.331 e. The highest BCUT2D eigenvalue weighted by Crippen LogP contribution is 2.40. The first-order valence-corrected chi connectivity index (χ1v) is 7.23. The van der Waals surface area contributed by atoms with Crippen LogP contribution in [0.5, 0.6) is 0 Å². The molecule has 3 atom stereocenters. The summed E-state index contributed by atoms with van der Waals surface area (Å²) in [6.45, 7) is 0. The van der Waals surface area contributed by atoms with E-state index >= 15 is 0 Å². The summed E-state index contributed by atoms with van der Waals surface area (Å²) in [5, 5.41) is 3.55. The van der Waals surface area contributed by atoms with Gasteiger partial charge >= 0.3 is 6.18 Å². The Morgan fingerprint density at radius 2 is 2.10 bits per heavy atom. The van der Waals surface area contributed by atoms with Crippen LogP contribution in [0.4, 0.5) is 13.2 Å². The molecule has 6 heteroatoms. The number of rotatable bonds is 1. The third kappa shape index (κ3) is 1.96. The van der Waals surface area contributed by atoms with E-state index in [1.54, 1.807) is 0 Å². The quantitative estimate of drug-likeness (QED) is 0.875. The van der Waals surface area contributed by atoms with E-state index in [-0.39, 0.29) is 0 Å². The monoisotopic (exact) mass is 295 g/mol. The van der Waals surface area contributed by atoms with Crippen LogP contribution in [0.3, 0.4) is 0 Å². The Labute approximate surface area is 120 Å². The molecule has 112 valence electrons. The molecule has 3 heterocycles.